The lowest BCUT2D eigenvalue weighted by Crippen LogP contribution is -2.19. The monoisotopic (exact) mass is 299 g/mol. The first-order valence-corrected chi connectivity index (χ1v) is 8.86. The minimum Gasteiger partial charge on any atom is -0.327 e. The molecule has 0 fully saturated rings. The molecule has 2 unspecified atom stereocenters. The number of hydrogen-bond acceptors (Lipinski definition) is 1. The van der Waals surface area contributed by atoms with Gasteiger partial charge in [0.15, 0.2) is 0 Å². The van der Waals surface area contributed by atoms with Crippen LogP contribution in [-0.4, -0.2) is 6.04 Å². The Labute approximate surface area is 137 Å². The van der Waals surface area contributed by atoms with Crippen LogP contribution in [0.1, 0.15) is 81.6 Å². The highest BCUT2D eigenvalue weighted by Gasteiger charge is 2.02. The van der Waals surface area contributed by atoms with Gasteiger partial charge in [0.2, 0.25) is 0 Å². The lowest BCUT2D eigenvalue weighted by molar-refractivity contribution is 0.529. The Morgan fingerprint density at radius 2 is 1.29 bits per heavy atom. The molecule has 21 heavy (non-hydrogen) atoms. The molecular weight excluding hydrogens is 254 g/mol. The van der Waals surface area contributed by atoms with E-state index in [-0.39, 0.29) is 6.04 Å². The largest absolute Gasteiger partial charge is 0.327 e. The summed E-state index contributed by atoms with van der Waals surface area (Å²) in [5.74, 6) is 0.592. The predicted octanol–water partition coefficient (Wildman–Crippen LogP) is 7.15. The normalized spacial score (nSPS) is 10.8. The molecule has 0 bridgehead atoms. The van der Waals surface area contributed by atoms with Crippen molar-refractivity contribution in [2.24, 2.45) is 11.7 Å². The van der Waals surface area contributed by atoms with Crippen molar-refractivity contribution in [3.63, 3.8) is 0 Å². The molecule has 0 aliphatic carbocycles. The third-order valence-corrected chi connectivity index (χ3v) is 2.04. The predicted molar refractivity (Wildman–Crippen MR) is 106 cm³/mol. The van der Waals surface area contributed by atoms with Crippen LogP contribution in [0.3, 0.4) is 0 Å². The quantitative estimate of drug-likeness (QED) is 0.392. The fourth-order valence-corrected chi connectivity index (χ4v) is 1.17. The number of hydrogen-bond donors (Lipinski definition) is 1. The maximum absolute atomic E-state index is 5.85. The summed E-state index contributed by atoms with van der Waals surface area (Å²) in [4.78, 5) is 0. The molecule has 0 spiro atoms. The van der Waals surface area contributed by atoms with E-state index in [1.165, 1.54) is 0 Å². The van der Waals surface area contributed by atoms with Crippen LogP contribution >= 0.6 is 0 Å². The fourth-order valence-electron chi connectivity index (χ4n) is 1.17. The molecule has 0 amide bonds. The Bertz CT molecular complexity index is 171. The van der Waals surface area contributed by atoms with Gasteiger partial charge in [0.1, 0.15) is 0 Å². The van der Waals surface area contributed by atoms with Crippen molar-refractivity contribution >= 4 is 0 Å². The van der Waals surface area contributed by atoms with Crippen molar-refractivity contribution in [1.29, 1.82) is 0 Å². The molecule has 2 atom stereocenters. The van der Waals surface area contributed by atoms with Crippen LogP contribution < -0.4 is 5.73 Å². The minimum atomic E-state index is 0.275. The van der Waals surface area contributed by atoms with Crippen LogP contribution in [-0.2, 0) is 0 Å². The third-order valence-electron chi connectivity index (χ3n) is 2.04. The second-order valence-corrected chi connectivity index (χ2v) is 3.46. The van der Waals surface area contributed by atoms with E-state index in [1.807, 2.05) is 67.5 Å². The Morgan fingerprint density at radius 3 is 1.62 bits per heavy atom. The molecule has 1 nitrogen and oxygen atoms in total. The first kappa shape index (κ1) is 32.2. The van der Waals surface area contributed by atoms with Gasteiger partial charge in [-0.2, -0.15) is 0 Å². The molecule has 0 aliphatic rings. The maximum Gasteiger partial charge on any atom is 0.00735 e. The van der Waals surface area contributed by atoms with E-state index < -0.39 is 0 Å². The van der Waals surface area contributed by atoms with Gasteiger partial charge in [-0.1, -0.05) is 93.2 Å². The second kappa shape index (κ2) is 42.7. The van der Waals surface area contributed by atoms with E-state index >= 15 is 0 Å². The lowest BCUT2D eigenvalue weighted by Gasteiger charge is -2.10. The molecule has 0 rings (SSSR count). The van der Waals surface area contributed by atoms with Gasteiger partial charge in [0.25, 0.3) is 0 Å². The highest BCUT2D eigenvalue weighted by atomic mass is 14.6. The lowest BCUT2D eigenvalue weighted by atomic mass is 10.00. The molecule has 0 aromatic rings. The molecule has 0 aromatic carbocycles. The van der Waals surface area contributed by atoms with E-state index in [0.29, 0.717) is 5.92 Å². The summed E-state index contributed by atoms with van der Waals surface area (Å²) in [7, 11) is 0. The molecule has 0 saturated carbocycles. The zero-order valence-corrected chi connectivity index (χ0v) is 16.6. The smallest absolute Gasteiger partial charge is 0.00735 e. The van der Waals surface area contributed by atoms with E-state index in [1.54, 1.807) is 6.08 Å². The molecule has 0 aromatic heterocycles. The average Bonchev–Trinajstić information content (AvgIpc) is 2.58. The molecule has 0 heterocycles. The standard InChI is InChI=1S/C12H21N.4C2H6/c1-4-6-8-11(3)9-10-12(13)7-5-2;4*1-2/h4-6,8,11-12H,1-2,7,9-10,13H2,3H3;4*1-2H3/b8-6+;;;;. The van der Waals surface area contributed by atoms with Crippen LogP contribution in [0.25, 0.3) is 0 Å². The van der Waals surface area contributed by atoms with Gasteiger partial charge in [0, 0.05) is 6.04 Å². The summed E-state index contributed by atoms with van der Waals surface area (Å²) in [6, 6.07) is 0.275. The van der Waals surface area contributed by atoms with E-state index in [2.05, 4.69) is 26.2 Å². The minimum absolute atomic E-state index is 0.275. The van der Waals surface area contributed by atoms with E-state index in [0.717, 1.165) is 19.3 Å². The van der Waals surface area contributed by atoms with Crippen LogP contribution in [0.2, 0.25) is 0 Å². The molecule has 0 radical (unpaired) electrons. The van der Waals surface area contributed by atoms with Gasteiger partial charge >= 0.3 is 0 Å². The molecular formula is C20H45N. The van der Waals surface area contributed by atoms with Crippen molar-refractivity contribution < 1.29 is 0 Å². The Kier molecular flexibility index (Phi) is 65.6. The number of allylic oxidation sites excluding steroid dienone is 3. The molecule has 0 aliphatic heterocycles. The van der Waals surface area contributed by atoms with Crippen LogP contribution in [0.5, 0.6) is 0 Å². The van der Waals surface area contributed by atoms with Crippen LogP contribution in [0.15, 0.2) is 37.5 Å². The van der Waals surface area contributed by atoms with Gasteiger partial charge in [-0.3, -0.25) is 0 Å². The number of nitrogens with two attached hydrogens (primary N) is 1. The Balaban J connectivity index is -0.0000000912. The molecule has 0 saturated heterocycles. The average molecular weight is 300 g/mol. The fraction of sp³-hybridized carbons (Fsp3) is 0.700. The molecule has 1 heteroatoms. The van der Waals surface area contributed by atoms with Crippen molar-refractivity contribution in [2.45, 2.75) is 87.6 Å². The summed E-state index contributed by atoms with van der Waals surface area (Å²) >= 11 is 0. The molecule has 130 valence electrons. The zero-order valence-electron chi connectivity index (χ0n) is 16.6. The number of rotatable bonds is 7. The third kappa shape index (κ3) is 45.3. The van der Waals surface area contributed by atoms with Gasteiger partial charge in [-0.05, 0) is 25.2 Å². The summed E-state index contributed by atoms with van der Waals surface area (Å²) in [5, 5.41) is 0. The van der Waals surface area contributed by atoms with E-state index in [9.17, 15) is 0 Å². The first-order valence-electron chi connectivity index (χ1n) is 8.86. The van der Waals surface area contributed by atoms with Crippen LogP contribution in [0.4, 0.5) is 0 Å². The van der Waals surface area contributed by atoms with Gasteiger partial charge in [-0.25, -0.2) is 0 Å². The zero-order chi connectivity index (χ0) is 18.1. The summed E-state index contributed by atoms with van der Waals surface area (Å²) in [5.41, 5.74) is 5.85. The summed E-state index contributed by atoms with van der Waals surface area (Å²) in [6.45, 7) is 25.5. The van der Waals surface area contributed by atoms with Gasteiger partial charge in [-0.15, -0.1) is 6.58 Å². The second-order valence-electron chi connectivity index (χ2n) is 3.46. The highest BCUT2D eigenvalue weighted by Crippen LogP contribution is 2.10. The van der Waals surface area contributed by atoms with E-state index in [4.69, 9.17) is 5.73 Å². The van der Waals surface area contributed by atoms with Crippen LogP contribution in [0, 0.1) is 5.92 Å². The van der Waals surface area contributed by atoms with Crippen molar-refractivity contribution in [3.8, 4) is 0 Å². The Morgan fingerprint density at radius 1 is 0.857 bits per heavy atom. The topological polar surface area (TPSA) is 26.0 Å². The maximum atomic E-state index is 5.85. The van der Waals surface area contributed by atoms with Crippen molar-refractivity contribution in [3.05, 3.63) is 37.5 Å². The highest BCUT2D eigenvalue weighted by molar-refractivity contribution is 4.99. The summed E-state index contributed by atoms with van der Waals surface area (Å²) in [6.07, 6.45) is 11.0. The molecule has 2 N–H and O–H groups in total. The SMILES string of the molecule is C=C/C=C/C(C)CCC(N)CC=C.CC.CC.CC.CC. The van der Waals surface area contributed by atoms with Gasteiger partial charge in [0.05, 0.1) is 0 Å². The first-order chi connectivity index (χ1) is 10.2. The van der Waals surface area contributed by atoms with Crippen molar-refractivity contribution in [2.75, 3.05) is 0 Å². The van der Waals surface area contributed by atoms with Gasteiger partial charge < -0.3 is 5.73 Å². The Hall–Kier alpha value is -0.820. The summed E-state index contributed by atoms with van der Waals surface area (Å²) < 4.78 is 0. The van der Waals surface area contributed by atoms with Crippen molar-refractivity contribution in [1.82, 2.24) is 0 Å².